The average molecular weight is 398 g/mol. The second-order valence-corrected chi connectivity index (χ2v) is 6.74. The summed E-state index contributed by atoms with van der Waals surface area (Å²) in [5.41, 5.74) is 1.86. The minimum atomic E-state index is -0.541. The molecule has 0 aliphatic heterocycles. The van der Waals surface area contributed by atoms with E-state index in [1.54, 1.807) is 31.2 Å². The molecule has 28 heavy (non-hydrogen) atoms. The number of nitrogens with one attached hydrogen (secondary N) is 1. The molecule has 0 bridgehead atoms. The fraction of sp³-hybridized carbons (Fsp3) is 0.190. The van der Waals surface area contributed by atoms with Gasteiger partial charge in [0.1, 0.15) is 12.4 Å². The molecule has 1 amide bonds. The van der Waals surface area contributed by atoms with E-state index in [-0.39, 0.29) is 18.8 Å². The van der Waals surface area contributed by atoms with Gasteiger partial charge in [0.05, 0.1) is 12.2 Å². The number of ether oxygens (including phenoxy) is 1. The highest BCUT2D eigenvalue weighted by Crippen LogP contribution is 2.14. The Bertz CT molecular complexity index is 1030. The molecule has 144 valence electrons. The second-order valence-electron chi connectivity index (χ2n) is 6.30. The number of hydrogen-bond donors (Lipinski definition) is 1. The molecule has 1 aromatic heterocycles. The Labute approximate surface area is 167 Å². The van der Waals surface area contributed by atoms with Crippen molar-refractivity contribution in [2.24, 2.45) is 0 Å². The van der Waals surface area contributed by atoms with Crippen molar-refractivity contribution in [3.05, 3.63) is 86.8 Å². The van der Waals surface area contributed by atoms with Crippen molar-refractivity contribution < 1.29 is 9.53 Å². The Morgan fingerprint density at radius 1 is 1.11 bits per heavy atom. The van der Waals surface area contributed by atoms with E-state index in [1.165, 1.54) is 10.7 Å². The lowest BCUT2D eigenvalue weighted by Crippen LogP contribution is -2.34. The van der Waals surface area contributed by atoms with E-state index in [9.17, 15) is 9.59 Å². The van der Waals surface area contributed by atoms with Crippen LogP contribution in [0.3, 0.4) is 0 Å². The predicted molar refractivity (Wildman–Crippen MR) is 109 cm³/mol. The van der Waals surface area contributed by atoms with Crippen molar-refractivity contribution in [3.8, 4) is 11.4 Å². The van der Waals surface area contributed by atoms with Crippen molar-refractivity contribution in [1.82, 2.24) is 15.1 Å². The van der Waals surface area contributed by atoms with E-state index in [4.69, 9.17) is 16.3 Å². The first-order valence-corrected chi connectivity index (χ1v) is 9.16. The molecule has 0 unspecified atom stereocenters. The van der Waals surface area contributed by atoms with E-state index in [1.807, 2.05) is 31.2 Å². The van der Waals surface area contributed by atoms with Gasteiger partial charge in [-0.25, -0.2) is 4.68 Å². The first kappa shape index (κ1) is 19.6. The first-order valence-electron chi connectivity index (χ1n) is 8.78. The Morgan fingerprint density at radius 2 is 1.79 bits per heavy atom. The van der Waals surface area contributed by atoms with Crippen LogP contribution in [-0.4, -0.2) is 28.8 Å². The molecule has 2 aromatic carbocycles. The maximum Gasteiger partial charge on any atom is 0.275 e. The highest BCUT2D eigenvalue weighted by molar-refractivity contribution is 6.30. The summed E-state index contributed by atoms with van der Waals surface area (Å²) in [6.07, 6.45) is 0. The molecule has 0 atom stereocenters. The number of nitrogens with zero attached hydrogens (tertiary/aromatic N) is 2. The number of aryl methyl sites for hydroxylation is 2. The van der Waals surface area contributed by atoms with Gasteiger partial charge in [-0.15, -0.1) is 0 Å². The lowest BCUT2D eigenvalue weighted by atomic mass is 10.2. The molecule has 0 aliphatic carbocycles. The molecule has 0 spiro atoms. The topological polar surface area (TPSA) is 73.2 Å². The largest absolute Gasteiger partial charge is 0.492 e. The van der Waals surface area contributed by atoms with Gasteiger partial charge < -0.3 is 10.1 Å². The molecule has 1 N–H and O–H groups in total. The van der Waals surface area contributed by atoms with Gasteiger partial charge >= 0.3 is 0 Å². The molecular weight excluding hydrogens is 378 g/mol. The fourth-order valence-electron chi connectivity index (χ4n) is 2.60. The van der Waals surface area contributed by atoms with E-state index in [2.05, 4.69) is 10.4 Å². The number of benzene rings is 2. The summed E-state index contributed by atoms with van der Waals surface area (Å²) < 4.78 is 7.11. The monoisotopic (exact) mass is 397 g/mol. The van der Waals surface area contributed by atoms with Crippen LogP contribution in [-0.2, 0) is 0 Å². The van der Waals surface area contributed by atoms with Crippen molar-refractivity contribution in [2.75, 3.05) is 13.2 Å². The number of carbonyl (C=O) groups is 1. The predicted octanol–water partition coefficient (Wildman–Crippen LogP) is 3.31. The summed E-state index contributed by atoms with van der Waals surface area (Å²) in [7, 11) is 0. The summed E-state index contributed by atoms with van der Waals surface area (Å²) in [4.78, 5) is 24.6. The third kappa shape index (κ3) is 4.78. The Balaban J connectivity index is 1.67. The van der Waals surface area contributed by atoms with Crippen molar-refractivity contribution in [2.45, 2.75) is 13.8 Å². The van der Waals surface area contributed by atoms with E-state index < -0.39 is 11.3 Å². The van der Waals surface area contributed by atoms with Crippen LogP contribution in [0.25, 0.3) is 5.69 Å². The van der Waals surface area contributed by atoms with Crippen LogP contribution >= 0.6 is 11.6 Å². The summed E-state index contributed by atoms with van der Waals surface area (Å²) in [5, 5.41) is 7.49. The maximum absolute atomic E-state index is 12.4. The highest BCUT2D eigenvalue weighted by Gasteiger charge is 2.15. The first-order chi connectivity index (χ1) is 13.4. The standard InChI is InChI=1S/C21H20ClN3O3/c1-14-3-9-18(10-4-14)28-12-11-23-21(27)20-19(26)13-15(2)25(24-20)17-7-5-16(22)6-8-17/h3-10,13H,11-12H2,1-2H3,(H,23,27). The van der Waals surface area contributed by atoms with Crippen LogP contribution < -0.4 is 15.5 Å². The Morgan fingerprint density at radius 3 is 2.46 bits per heavy atom. The molecule has 7 heteroatoms. The van der Waals surface area contributed by atoms with Gasteiger partial charge in [0, 0.05) is 16.8 Å². The Kier molecular flexibility index (Phi) is 6.11. The minimum absolute atomic E-state index is 0.170. The van der Waals surface area contributed by atoms with Gasteiger partial charge in [0.15, 0.2) is 5.69 Å². The number of rotatable bonds is 6. The van der Waals surface area contributed by atoms with Crippen LogP contribution in [0.5, 0.6) is 5.75 Å². The zero-order valence-corrected chi connectivity index (χ0v) is 16.4. The summed E-state index contributed by atoms with van der Waals surface area (Å²) in [5.74, 6) is 0.179. The van der Waals surface area contributed by atoms with Gasteiger partial charge in [0.2, 0.25) is 5.43 Å². The third-order valence-corrected chi connectivity index (χ3v) is 4.32. The van der Waals surface area contributed by atoms with Crippen LogP contribution in [0.15, 0.2) is 59.4 Å². The quantitative estimate of drug-likeness (QED) is 0.647. The molecule has 1 heterocycles. The summed E-state index contributed by atoms with van der Waals surface area (Å²) in [6, 6.07) is 16.0. The third-order valence-electron chi connectivity index (χ3n) is 4.07. The van der Waals surface area contributed by atoms with Gasteiger partial charge in [-0.05, 0) is 50.2 Å². The summed E-state index contributed by atoms with van der Waals surface area (Å²) >= 11 is 5.91. The number of amides is 1. The number of aromatic nitrogens is 2. The smallest absolute Gasteiger partial charge is 0.275 e. The SMILES string of the molecule is Cc1ccc(OCCNC(=O)c2nn(-c3ccc(Cl)cc3)c(C)cc2=O)cc1. The van der Waals surface area contributed by atoms with Gasteiger partial charge in [-0.1, -0.05) is 29.3 Å². The molecule has 0 fully saturated rings. The van der Waals surface area contributed by atoms with Crippen molar-refractivity contribution in [1.29, 1.82) is 0 Å². The van der Waals surface area contributed by atoms with Crippen LogP contribution in [0.2, 0.25) is 5.02 Å². The van der Waals surface area contributed by atoms with Crippen LogP contribution in [0, 0.1) is 13.8 Å². The Hall–Kier alpha value is -3.12. The highest BCUT2D eigenvalue weighted by atomic mass is 35.5. The molecule has 3 rings (SSSR count). The number of halogens is 1. The average Bonchev–Trinajstić information content (AvgIpc) is 2.67. The zero-order valence-electron chi connectivity index (χ0n) is 15.6. The number of carbonyl (C=O) groups excluding carboxylic acids is 1. The lowest BCUT2D eigenvalue weighted by molar-refractivity contribution is 0.0939. The van der Waals surface area contributed by atoms with Crippen molar-refractivity contribution in [3.63, 3.8) is 0 Å². The minimum Gasteiger partial charge on any atom is -0.492 e. The molecule has 6 nitrogen and oxygen atoms in total. The normalized spacial score (nSPS) is 10.5. The van der Waals surface area contributed by atoms with E-state index in [0.29, 0.717) is 16.4 Å². The van der Waals surface area contributed by atoms with E-state index >= 15 is 0 Å². The zero-order chi connectivity index (χ0) is 20.1. The van der Waals surface area contributed by atoms with Gasteiger partial charge in [0.25, 0.3) is 5.91 Å². The van der Waals surface area contributed by atoms with Gasteiger partial charge in [-0.2, -0.15) is 5.10 Å². The summed E-state index contributed by atoms with van der Waals surface area (Å²) in [6.45, 7) is 4.28. The molecule has 0 saturated carbocycles. The molecule has 0 aliphatic rings. The molecular formula is C21H20ClN3O3. The lowest BCUT2D eigenvalue weighted by Gasteiger charge is -2.12. The molecule has 0 radical (unpaired) electrons. The van der Waals surface area contributed by atoms with Crippen LogP contribution in [0.1, 0.15) is 21.7 Å². The van der Waals surface area contributed by atoms with Gasteiger partial charge in [-0.3, -0.25) is 9.59 Å². The van der Waals surface area contributed by atoms with Crippen LogP contribution in [0.4, 0.5) is 0 Å². The number of hydrogen-bond acceptors (Lipinski definition) is 4. The molecule has 3 aromatic rings. The maximum atomic E-state index is 12.4. The second kappa shape index (κ2) is 8.71. The van der Waals surface area contributed by atoms with Crippen molar-refractivity contribution >= 4 is 17.5 Å². The van der Waals surface area contributed by atoms with E-state index in [0.717, 1.165) is 11.3 Å². The fourth-order valence-corrected chi connectivity index (χ4v) is 2.73. The molecule has 0 saturated heterocycles.